The van der Waals surface area contributed by atoms with Gasteiger partial charge in [-0.2, -0.15) is 0 Å². The van der Waals surface area contributed by atoms with Crippen LogP contribution in [0.25, 0.3) is 0 Å². The summed E-state index contributed by atoms with van der Waals surface area (Å²) in [7, 11) is 0. The lowest BCUT2D eigenvalue weighted by Crippen LogP contribution is -2.39. The van der Waals surface area contributed by atoms with Gasteiger partial charge in [-0.25, -0.2) is 9.59 Å². The highest BCUT2D eigenvalue weighted by molar-refractivity contribution is 5.90. The third kappa shape index (κ3) is 6.09. The number of ether oxygens (including phenoxy) is 2. The van der Waals surface area contributed by atoms with E-state index in [9.17, 15) is 9.59 Å². The van der Waals surface area contributed by atoms with Gasteiger partial charge in [-0.1, -0.05) is 26.3 Å². The standard InChI is InChI=1S/C13H22O4/c1-6-7-8-9-16-12(15)13(4,5)17-11(14)10(2)3/h2,6-9H2,1,3-5H3. The normalized spacial score (nSPS) is 10.8. The molecule has 0 unspecified atom stereocenters. The molecule has 0 aromatic heterocycles. The lowest BCUT2D eigenvalue weighted by atomic mass is 10.1. The Morgan fingerprint density at radius 3 is 2.29 bits per heavy atom. The van der Waals surface area contributed by atoms with E-state index < -0.39 is 17.5 Å². The highest BCUT2D eigenvalue weighted by Crippen LogP contribution is 2.14. The largest absolute Gasteiger partial charge is 0.463 e. The maximum absolute atomic E-state index is 11.7. The molecule has 0 amide bonds. The van der Waals surface area contributed by atoms with Gasteiger partial charge in [0.2, 0.25) is 5.60 Å². The van der Waals surface area contributed by atoms with Crippen LogP contribution in [0.2, 0.25) is 0 Å². The minimum atomic E-state index is -1.26. The van der Waals surface area contributed by atoms with E-state index in [2.05, 4.69) is 13.5 Å². The second kappa shape index (κ2) is 7.09. The summed E-state index contributed by atoms with van der Waals surface area (Å²) in [4.78, 5) is 23.0. The van der Waals surface area contributed by atoms with Crippen LogP contribution in [0.5, 0.6) is 0 Å². The summed E-state index contributed by atoms with van der Waals surface area (Å²) in [5, 5.41) is 0. The van der Waals surface area contributed by atoms with Crippen molar-refractivity contribution in [3.63, 3.8) is 0 Å². The molecule has 0 aliphatic carbocycles. The first kappa shape index (κ1) is 15.7. The van der Waals surface area contributed by atoms with Gasteiger partial charge in [0.25, 0.3) is 0 Å². The summed E-state index contributed by atoms with van der Waals surface area (Å²) >= 11 is 0. The molecule has 0 aromatic carbocycles. The molecule has 98 valence electrons. The van der Waals surface area contributed by atoms with Crippen LogP contribution in [0.4, 0.5) is 0 Å². The van der Waals surface area contributed by atoms with Crippen molar-refractivity contribution in [2.75, 3.05) is 6.61 Å². The molecule has 0 aromatic rings. The molecule has 0 rings (SSSR count). The molecule has 0 spiro atoms. The fraction of sp³-hybridized carbons (Fsp3) is 0.692. The molecular formula is C13H22O4. The predicted octanol–water partition coefficient (Wildman–Crippen LogP) is 2.62. The van der Waals surface area contributed by atoms with Gasteiger partial charge < -0.3 is 9.47 Å². The van der Waals surface area contributed by atoms with Crippen LogP contribution < -0.4 is 0 Å². The Hall–Kier alpha value is -1.32. The Bertz CT molecular complexity index is 292. The third-order valence-electron chi connectivity index (χ3n) is 2.17. The van der Waals surface area contributed by atoms with Crippen molar-refractivity contribution in [3.8, 4) is 0 Å². The van der Waals surface area contributed by atoms with E-state index in [1.807, 2.05) is 0 Å². The molecule has 17 heavy (non-hydrogen) atoms. The molecule has 4 nitrogen and oxygen atoms in total. The van der Waals surface area contributed by atoms with Crippen LogP contribution in [0, 0.1) is 0 Å². The van der Waals surface area contributed by atoms with E-state index in [1.165, 1.54) is 20.8 Å². The summed E-state index contributed by atoms with van der Waals surface area (Å²) in [5.41, 5.74) is -1.00. The molecule has 0 saturated carbocycles. The molecule has 0 radical (unpaired) electrons. The van der Waals surface area contributed by atoms with Crippen LogP contribution >= 0.6 is 0 Å². The van der Waals surface area contributed by atoms with Crippen molar-refractivity contribution in [2.45, 2.75) is 52.6 Å². The number of rotatable bonds is 7. The Kier molecular flexibility index (Phi) is 6.54. The molecule has 0 aliphatic rings. The van der Waals surface area contributed by atoms with E-state index >= 15 is 0 Å². The van der Waals surface area contributed by atoms with Crippen molar-refractivity contribution in [1.82, 2.24) is 0 Å². The van der Waals surface area contributed by atoms with Gasteiger partial charge in [0, 0.05) is 5.57 Å². The number of carbonyl (C=O) groups excluding carboxylic acids is 2. The molecule has 0 N–H and O–H groups in total. The molecule has 4 heteroatoms. The Labute approximate surface area is 103 Å². The molecule has 0 aliphatic heterocycles. The zero-order valence-electron chi connectivity index (χ0n) is 11.2. The SMILES string of the molecule is C=C(C)C(=O)OC(C)(C)C(=O)OCCCCC. The quantitative estimate of drug-likeness (QED) is 0.391. The maximum atomic E-state index is 11.7. The fourth-order valence-electron chi connectivity index (χ4n) is 1.05. The van der Waals surface area contributed by atoms with Crippen LogP contribution in [-0.4, -0.2) is 24.1 Å². The monoisotopic (exact) mass is 242 g/mol. The topological polar surface area (TPSA) is 52.6 Å². The summed E-state index contributed by atoms with van der Waals surface area (Å²) in [6, 6.07) is 0. The second-order valence-electron chi connectivity index (χ2n) is 4.52. The van der Waals surface area contributed by atoms with Gasteiger partial charge in [-0.15, -0.1) is 0 Å². The number of unbranched alkanes of at least 4 members (excludes halogenated alkanes) is 2. The van der Waals surface area contributed by atoms with Crippen molar-refractivity contribution >= 4 is 11.9 Å². The first-order valence-electron chi connectivity index (χ1n) is 5.87. The van der Waals surface area contributed by atoms with Gasteiger partial charge in [0.05, 0.1) is 6.61 Å². The van der Waals surface area contributed by atoms with Crippen LogP contribution in [0.1, 0.15) is 47.0 Å². The third-order valence-corrected chi connectivity index (χ3v) is 2.17. The molecule has 0 fully saturated rings. The molecular weight excluding hydrogens is 220 g/mol. The number of hydrogen-bond acceptors (Lipinski definition) is 4. The molecule has 0 atom stereocenters. The van der Waals surface area contributed by atoms with E-state index in [1.54, 1.807) is 0 Å². The van der Waals surface area contributed by atoms with Crippen LogP contribution in [0.3, 0.4) is 0 Å². The average Bonchev–Trinajstić information content (AvgIpc) is 2.23. The summed E-state index contributed by atoms with van der Waals surface area (Å²) in [6.45, 7) is 10.4. The average molecular weight is 242 g/mol. The van der Waals surface area contributed by atoms with Crippen molar-refractivity contribution < 1.29 is 19.1 Å². The molecule has 0 heterocycles. The lowest BCUT2D eigenvalue weighted by molar-refractivity contribution is -0.176. The van der Waals surface area contributed by atoms with E-state index in [0.29, 0.717) is 6.61 Å². The Balaban J connectivity index is 4.16. The zero-order chi connectivity index (χ0) is 13.5. The number of hydrogen-bond donors (Lipinski definition) is 0. The minimum absolute atomic E-state index is 0.261. The van der Waals surface area contributed by atoms with E-state index in [4.69, 9.17) is 9.47 Å². The number of carbonyl (C=O) groups is 2. The van der Waals surface area contributed by atoms with Crippen LogP contribution in [-0.2, 0) is 19.1 Å². The summed E-state index contributed by atoms with van der Waals surface area (Å²) in [6.07, 6.45) is 2.90. The second-order valence-corrected chi connectivity index (χ2v) is 4.52. The van der Waals surface area contributed by atoms with Gasteiger partial charge in [-0.3, -0.25) is 0 Å². The predicted molar refractivity (Wildman–Crippen MR) is 65.5 cm³/mol. The number of esters is 2. The highest BCUT2D eigenvalue weighted by Gasteiger charge is 2.33. The van der Waals surface area contributed by atoms with E-state index in [-0.39, 0.29) is 5.57 Å². The summed E-state index contributed by atoms with van der Waals surface area (Å²) in [5.74, 6) is -1.11. The maximum Gasteiger partial charge on any atom is 0.350 e. The summed E-state index contributed by atoms with van der Waals surface area (Å²) < 4.78 is 10.0. The fourth-order valence-corrected chi connectivity index (χ4v) is 1.05. The van der Waals surface area contributed by atoms with Gasteiger partial charge in [0.1, 0.15) is 0 Å². The smallest absolute Gasteiger partial charge is 0.350 e. The zero-order valence-corrected chi connectivity index (χ0v) is 11.2. The van der Waals surface area contributed by atoms with Gasteiger partial charge >= 0.3 is 11.9 Å². The minimum Gasteiger partial charge on any atom is -0.463 e. The Morgan fingerprint density at radius 2 is 1.82 bits per heavy atom. The molecule has 0 saturated heterocycles. The Morgan fingerprint density at radius 1 is 1.24 bits per heavy atom. The van der Waals surface area contributed by atoms with Gasteiger partial charge in [-0.05, 0) is 27.2 Å². The lowest BCUT2D eigenvalue weighted by Gasteiger charge is -2.23. The first-order chi connectivity index (χ1) is 7.81. The van der Waals surface area contributed by atoms with E-state index in [0.717, 1.165) is 19.3 Å². The highest BCUT2D eigenvalue weighted by atomic mass is 16.6. The molecule has 0 bridgehead atoms. The van der Waals surface area contributed by atoms with Crippen molar-refractivity contribution in [3.05, 3.63) is 12.2 Å². The van der Waals surface area contributed by atoms with Crippen molar-refractivity contribution in [2.24, 2.45) is 0 Å². The first-order valence-corrected chi connectivity index (χ1v) is 5.87. The van der Waals surface area contributed by atoms with Crippen LogP contribution in [0.15, 0.2) is 12.2 Å². The van der Waals surface area contributed by atoms with Gasteiger partial charge in [0.15, 0.2) is 0 Å². The van der Waals surface area contributed by atoms with Crippen molar-refractivity contribution in [1.29, 1.82) is 0 Å².